The summed E-state index contributed by atoms with van der Waals surface area (Å²) in [4.78, 5) is 21.5. The summed E-state index contributed by atoms with van der Waals surface area (Å²) in [5, 5.41) is 14.2. The van der Waals surface area contributed by atoms with E-state index >= 15 is 0 Å². The fourth-order valence-electron chi connectivity index (χ4n) is 2.88. The van der Waals surface area contributed by atoms with E-state index in [1.54, 1.807) is 14.0 Å². The number of nitro groups is 1. The molecule has 7 nitrogen and oxygen atoms in total. The van der Waals surface area contributed by atoms with Crippen molar-refractivity contribution in [3.05, 3.63) is 15.8 Å². The molecule has 0 saturated carbocycles. The van der Waals surface area contributed by atoms with Crippen molar-refractivity contribution >= 4 is 17.5 Å². The summed E-state index contributed by atoms with van der Waals surface area (Å²) < 4.78 is 0. The highest BCUT2D eigenvalue weighted by Gasteiger charge is 2.27. The van der Waals surface area contributed by atoms with Crippen LogP contribution in [-0.4, -0.2) is 35.0 Å². The van der Waals surface area contributed by atoms with Crippen LogP contribution >= 0.6 is 0 Å². The molecule has 0 amide bonds. The first-order valence-electron chi connectivity index (χ1n) is 7.52. The summed E-state index contributed by atoms with van der Waals surface area (Å²) in [6, 6.07) is 0. The predicted molar refractivity (Wildman–Crippen MR) is 82.8 cm³/mol. The van der Waals surface area contributed by atoms with E-state index in [-0.39, 0.29) is 10.6 Å². The maximum Gasteiger partial charge on any atom is 0.332 e. The molecule has 1 saturated heterocycles. The van der Waals surface area contributed by atoms with Gasteiger partial charge in [0.05, 0.1) is 4.92 Å². The number of anilines is 2. The van der Waals surface area contributed by atoms with Crippen molar-refractivity contribution < 1.29 is 4.92 Å². The van der Waals surface area contributed by atoms with E-state index in [2.05, 4.69) is 22.2 Å². The number of aryl methyl sites for hydroxylation is 1. The molecule has 0 spiro atoms. The second kappa shape index (κ2) is 6.69. The van der Waals surface area contributed by atoms with E-state index < -0.39 is 0 Å². The van der Waals surface area contributed by atoms with Gasteiger partial charge in [0, 0.05) is 20.1 Å². The largest absolute Gasteiger partial charge is 0.357 e. The van der Waals surface area contributed by atoms with Crippen molar-refractivity contribution in [3.8, 4) is 0 Å². The van der Waals surface area contributed by atoms with Gasteiger partial charge >= 0.3 is 5.69 Å². The monoisotopic (exact) mass is 293 g/mol. The zero-order chi connectivity index (χ0) is 15.4. The van der Waals surface area contributed by atoms with Crippen LogP contribution in [0.25, 0.3) is 0 Å². The summed E-state index contributed by atoms with van der Waals surface area (Å²) >= 11 is 0. The van der Waals surface area contributed by atoms with Gasteiger partial charge in [0.2, 0.25) is 11.8 Å². The molecule has 2 heterocycles. The quantitative estimate of drug-likeness (QED) is 0.678. The zero-order valence-electron chi connectivity index (χ0n) is 12.9. The third kappa shape index (κ3) is 3.40. The third-order valence-corrected chi connectivity index (χ3v) is 4.17. The van der Waals surface area contributed by atoms with E-state index in [0.29, 0.717) is 23.4 Å². The first kappa shape index (κ1) is 15.5. The van der Waals surface area contributed by atoms with Crippen LogP contribution in [0.15, 0.2) is 0 Å². The highest BCUT2D eigenvalue weighted by molar-refractivity contribution is 5.62. The van der Waals surface area contributed by atoms with Crippen molar-refractivity contribution in [2.24, 2.45) is 5.92 Å². The van der Waals surface area contributed by atoms with Gasteiger partial charge in [-0.25, -0.2) is 4.98 Å². The maximum atomic E-state index is 11.4. The van der Waals surface area contributed by atoms with Gasteiger partial charge in [-0.05, 0) is 32.1 Å². The Labute approximate surface area is 124 Å². The molecule has 7 heteroatoms. The summed E-state index contributed by atoms with van der Waals surface area (Å²) in [7, 11) is 1.72. The Morgan fingerprint density at radius 2 is 2.14 bits per heavy atom. The summed E-state index contributed by atoms with van der Waals surface area (Å²) in [6.07, 6.45) is 4.46. The molecule has 0 aromatic carbocycles. The Hall–Kier alpha value is -1.92. The normalized spacial score (nSPS) is 19.2. The Morgan fingerprint density at radius 1 is 1.38 bits per heavy atom. The average molecular weight is 293 g/mol. The predicted octanol–water partition coefficient (Wildman–Crippen LogP) is 2.75. The fourth-order valence-corrected chi connectivity index (χ4v) is 2.88. The summed E-state index contributed by atoms with van der Waals surface area (Å²) in [5.41, 5.74) is 0.439. The number of hydrogen-bond acceptors (Lipinski definition) is 6. The molecule has 21 heavy (non-hydrogen) atoms. The van der Waals surface area contributed by atoms with Crippen LogP contribution in [-0.2, 0) is 0 Å². The minimum atomic E-state index is -0.369. The van der Waals surface area contributed by atoms with Gasteiger partial charge in [-0.1, -0.05) is 13.3 Å². The molecular formula is C14H23N5O2. The maximum absolute atomic E-state index is 11.4. The number of hydrogen-bond donors (Lipinski definition) is 1. The SMILES string of the molecule is CCC1CCCN(c2nc(NC)nc(C)c2[N+](=O)[O-])CC1. The van der Waals surface area contributed by atoms with Crippen LogP contribution in [0.1, 0.15) is 38.3 Å². The topological polar surface area (TPSA) is 84.2 Å². The highest BCUT2D eigenvalue weighted by Crippen LogP contribution is 2.32. The van der Waals surface area contributed by atoms with Crippen LogP contribution in [0.2, 0.25) is 0 Å². The van der Waals surface area contributed by atoms with Gasteiger partial charge in [-0.15, -0.1) is 0 Å². The smallest absolute Gasteiger partial charge is 0.332 e. The molecule has 116 valence electrons. The van der Waals surface area contributed by atoms with Crippen LogP contribution in [0.5, 0.6) is 0 Å². The lowest BCUT2D eigenvalue weighted by molar-refractivity contribution is -0.385. The van der Waals surface area contributed by atoms with Crippen molar-refractivity contribution in [3.63, 3.8) is 0 Å². The third-order valence-electron chi connectivity index (χ3n) is 4.17. The number of nitrogens with one attached hydrogen (secondary N) is 1. The Balaban J connectivity index is 2.36. The minimum absolute atomic E-state index is 0.0314. The van der Waals surface area contributed by atoms with E-state index in [4.69, 9.17) is 0 Å². The Bertz CT molecular complexity index is 520. The number of rotatable bonds is 4. The zero-order valence-corrected chi connectivity index (χ0v) is 12.9. The molecule has 0 aliphatic carbocycles. The molecule has 1 unspecified atom stereocenters. The second-order valence-corrected chi connectivity index (χ2v) is 5.50. The molecule has 1 aromatic heterocycles. The van der Waals surface area contributed by atoms with Crippen LogP contribution in [0.3, 0.4) is 0 Å². The van der Waals surface area contributed by atoms with Crippen molar-refractivity contribution in [2.75, 3.05) is 30.4 Å². The van der Waals surface area contributed by atoms with Gasteiger partial charge in [-0.3, -0.25) is 10.1 Å². The minimum Gasteiger partial charge on any atom is -0.357 e. The summed E-state index contributed by atoms with van der Waals surface area (Å²) in [5.74, 6) is 1.60. The number of nitrogens with zero attached hydrogens (tertiary/aromatic N) is 4. The lowest BCUT2D eigenvalue weighted by Crippen LogP contribution is -2.27. The molecule has 0 bridgehead atoms. The molecule has 1 fully saturated rings. The molecule has 1 aromatic rings. The standard InChI is InChI=1S/C14H23N5O2/c1-4-11-6-5-8-18(9-7-11)13-12(19(20)21)10(2)16-14(15-3)17-13/h11H,4-9H2,1-3H3,(H,15,16,17). The van der Waals surface area contributed by atoms with Crippen LogP contribution < -0.4 is 10.2 Å². The van der Waals surface area contributed by atoms with E-state index in [1.165, 1.54) is 12.8 Å². The molecule has 1 aliphatic rings. The van der Waals surface area contributed by atoms with Gasteiger partial charge in [0.25, 0.3) is 0 Å². The van der Waals surface area contributed by atoms with Crippen molar-refractivity contribution in [1.82, 2.24) is 9.97 Å². The Kier molecular flexibility index (Phi) is 4.93. The first-order chi connectivity index (χ1) is 10.1. The molecular weight excluding hydrogens is 270 g/mol. The van der Waals surface area contributed by atoms with Gasteiger partial charge in [0.15, 0.2) is 0 Å². The van der Waals surface area contributed by atoms with Gasteiger partial charge in [-0.2, -0.15) is 4.98 Å². The van der Waals surface area contributed by atoms with E-state index in [0.717, 1.165) is 25.9 Å². The molecule has 2 rings (SSSR count). The van der Waals surface area contributed by atoms with E-state index in [1.807, 2.05) is 4.90 Å². The molecule has 1 N–H and O–H groups in total. The number of aromatic nitrogens is 2. The molecule has 1 aliphatic heterocycles. The van der Waals surface area contributed by atoms with Gasteiger partial charge < -0.3 is 10.2 Å². The highest BCUT2D eigenvalue weighted by atomic mass is 16.6. The van der Waals surface area contributed by atoms with Crippen molar-refractivity contribution in [2.45, 2.75) is 39.5 Å². The van der Waals surface area contributed by atoms with Crippen LogP contribution in [0, 0.1) is 23.0 Å². The second-order valence-electron chi connectivity index (χ2n) is 5.50. The van der Waals surface area contributed by atoms with Gasteiger partial charge in [0.1, 0.15) is 5.69 Å². The average Bonchev–Trinajstić information content (AvgIpc) is 2.71. The van der Waals surface area contributed by atoms with Crippen molar-refractivity contribution in [1.29, 1.82) is 0 Å². The lowest BCUT2D eigenvalue weighted by Gasteiger charge is -2.22. The molecule has 0 radical (unpaired) electrons. The summed E-state index contributed by atoms with van der Waals surface area (Å²) in [6.45, 7) is 5.50. The van der Waals surface area contributed by atoms with Crippen LogP contribution in [0.4, 0.5) is 17.5 Å². The fraction of sp³-hybridized carbons (Fsp3) is 0.714. The molecule has 1 atom stereocenters. The van der Waals surface area contributed by atoms with E-state index in [9.17, 15) is 10.1 Å². The lowest BCUT2D eigenvalue weighted by atomic mass is 9.98. The first-order valence-corrected chi connectivity index (χ1v) is 7.52. The Morgan fingerprint density at radius 3 is 2.76 bits per heavy atom.